The van der Waals surface area contributed by atoms with E-state index < -0.39 is 54.0 Å². The van der Waals surface area contributed by atoms with Crippen LogP contribution in [0, 0.1) is 5.92 Å². The zero-order valence-electron chi connectivity index (χ0n) is 20.3. The number of phenols is 1. The molecule has 0 bridgehead atoms. The Labute approximate surface area is 204 Å². The summed E-state index contributed by atoms with van der Waals surface area (Å²) in [5.74, 6) is -2.88. The van der Waals surface area contributed by atoms with Crippen LogP contribution in [-0.2, 0) is 25.6 Å². The van der Waals surface area contributed by atoms with Crippen LogP contribution in [0.25, 0.3) is 0 Å². The Balaban J connectivity index is 2.10. The fourth-order valence-electron chi connectivity index (χ4n) is 4.08. The number of carbonyl (C=O) groups excluding carboxylic acids is 3. The SMILES string of the molecule is CC(C)CC(N)C(=O)NC(C(=O)N1CCCC1C(=O)NC(Cc1ccc(O)cc1)C(=O)O)C(C)O. The summed E-state index contributed by atoms with van der Waals surface area (Å²) >= 11 is 0. The third-order valence-electron chi connectivity index (χ3n) is 5.94. The molecule has 1 saturated heterocycles. The minimum absolute atomic E-state index is 0.0118. The Kier molecular flexibility index (Phi) is 10.0. The van der Waals surface area contributed by atoms with E-state index in [0.29, 0.717) is 24.8 Å². The summed E-state index contributed by atoms with van der Waals surface area (Å²) in [6.07, 6.45) is -0.0204. The first-order valence-corrected chi connectivity index (χ1v) is 11.8. The van der Waals surface area contributed by atoms with E-state index in [2.05, 4.69) is 10.6 Å². The predicted octanol–water partition coefficient (Wildman–Crippen LogP) is -0.266. The second-order valence-electron chi connectivity index (χ2n) is 9.42. The molecule has 0 aromatic heterocycles. The van der Waals surface area contributed by atoms with E-state index in [-0.39, 0.29) is 24.6 Å². The maximum absolute atomic E-state index is 13.2. The first kappa shape index (κ1) is 28.1. The molecule has 0 radical (unpaired) electrons. The molecule has 1 heterocycles. The highest BCUT2D eigenvalue weighted by atomic mass is 16.4. The van der Waals surface area contributed by atoms with Crippen LogP contribution in [0.1, 0.15) is 45.6 Å². The molecule has 1 aliphatic heterocycles. The van der Waals surface area contributed by atoms with E-state index in [0.717, 1.165) is 0 Å². The Morgan fingerprint density at radius 1 is 1.11 bits per heavy atom. The van der Waals surface area contributed by atoms with Gasteiger partial charge in [0.25, 0.3) is 0 Å². The van der Waals surface area contributed by atoms with Crippen LogP contribution in [0.15, 0.2) is 24.3 Å². The van der Waals surface area contributed by atoms with Crippen molar-refractivity contribution in [3.05, 3.63) is 29.8 Å². The molecule has 5 atom stereocenters. The number of aliphatic hydroxyl groups is 1. The van der Waals surface area contributed by atoms with Crippen LogP contribution < -0.4 is 16.4 Å². The van der Waals surface area contributed by atoms with Gasteiger partial charge in [-0.25, -0.2) is 4.79 Å². The second-order valence-corrected chi connectivity index (χ2v) is 9.42. The molecule has 11 nitrogen and oxygen atoms in total. The number of hydrogen-bond acceptors (Lipinski definition) is 7. The van der Waals surface area contributed by atoms with Crippen molar-refractivity contribution >= 4 is 23.7 Å². The number of hydrogen-bond donors (Lipinski definition) is 6. The smallest absolute Gasteiger partial charge is 0.326 e. The summed E-state index contributed by atoms with van der Waals surface area (Å²) in [5, 5.41) is 34.2. The molecule has 194 valence electrons. The first-order chi connectivity index (χ1) is 16.4. The fraction of sp³-hybridized carbons (Fsp3) is 0.583. The lowest BCUT2D eigenvalue weighted by molar-refractivity contribution is -0.146. The van der Waals surface area contributed by atoms with Gasteiger partial charge >= 0.3 is 5.97 Å². The number of benzene rings is 1. The molecule has 0 spiro atoms. The number of nitrogens with one attached hydrogen (secondary N) is 2. The van der Waals surface area contributed by atoms with Gasteiger partial charge in [0.15, 0.2) is 0 Å². The van der Waals surface area contributed by atoms with E-state index in [1.54, 1.807) is 12.1 Å². The summed E-state index contributed by atoms with van der Waals surface area (Å²) in [6, 6.07) is 1.64. The molecule has 3 amide bonds. The van der Waals surface area contributed by atoms with Gasteiger partial charge in [-0.3, -0.25) is 14.4 Å². The van der Waals surface area contributed by atoms with Crippen molar-refractivity contribution in [2.45, 2.75) is 76.7 Å². The first-order valence-electron chi connectivity index (χ1n) is 11.8. The Morgan fingerprint density at radius 2 is 1.74 bits per heavy atom. The van der Waals surface area contributed by atoms with Gasteiger partial charge in [0.05, 0.1) is 12.1 Å². The Morgan fingerprint density at radius 3 is 2.29 bits per heavy atom. The van der Waals surface area contributed by atoms with E-state index in [9.17, 15) is 34.5 Å². The number of likely N-dealkylation sites (tertiary alicyclic amines) is 1. The molecule has 1 aliphatic rings. The van der Waals surface area contributed by atoms with Crippen molar-refractivity contribution in [2.75, 3.05) is 6.54 Å². The van der Waals surface area contributed by atoms with Crippen molar-refractivity contribution in [2.24, 2.45) is 11.7 Å². The van der Waals surface area contributed by atoms with Crippen LogP contribution >= 0.6 is 0 Å². The van der Waals surface area contributed by atoms with Gasteiger partial charge in [-0.05, 0) is 49.8 Å². The molecule has 1 aromatic carbocycles. The highest BCUT2D eigenvalue weighted by Gasteiger charge is 2.40. The lowest BCUT2D eigenvalue weighted by Crippen LogP contribution is -2.59. The molecule has 0 aliphatic carbocycles. The van der Waals surface area contributed by atoms with E-state index in [1.165, 1.54) is 24.0 Å². The molecule has 35 heavy (non-hydrogen) atoms. The van der Waals surface area contributed by atoms with Crippen molar-refractivity contribution in [3.8, 4) is 5.75 Å². The van der Waals surface area contributed by atoms with Gasteiger partial charge in [-0.1, -0.05) is 26.0 Å². The number of nitrogens with zero attached hydrogens (tertiary/aromatic N) is 1. The number of aliphatic hydroxyl groups excluding tert-OH is 1. The zero-order valence-corrected chi connectivity index (χ0v) is 20.3. The van der Waals surface area contributed by atoms with Crippen molar-refractivity contribution in [1.82, 2.24) is 15.5 Å². The lowest BCUT2D eigenvalue weighted by atomic mass is 10.0. The van der Waals surface area contributed by atoms with Crippen molar-refractivity contribution in [3.63, 3.8) is 0 Å². The summed E-state index contributed by atoms with van der Waals surface area (Å²) < 4.78 is 0. The highest BCUT2D eigenvalue weighted by molar-refractivity contribution is 5.94. The summed E-state index contributed by atoms with van der Waals surface area (Å²) in [5.41, 5.74) is 6.50. The van der Waals surface area contributed by atoms with Gasteiger partial charge in [0.2, 0.25) is 17.7 Å². The van der Waals surface area contributed by atoms with Crippen molar-refractivity contribution in [1.29, 1.82) is 0 Å². The third-order valence-corrected chi connectivity index (χ3v) is 5.94. The van der Waals surface area contributed by atoms with Gasteiger partial charge in [-0.2, -0.15) is 0 Å². The molecular formula is C24H36N4O7. The second kappa shape index (κ2) is 12.5. The Bertz CT molecular complexity index is 904. The van der Waals surface area contributed by atoms with Crippen LogP contribution in [0.5, 0.6) is 5.75 Å². The largest absolute Gasteiger partial charge is 0.508 e. The van der Waals surface area contributed by atoms with Gasteiger partial charge in [0.1, 0.15) is 23.9 Å². The predicted molar refractivity (Wildman–Crippen MR) is 127 cm³/mol. The number of amides is 3. The van der Waals surface area contributed by atoms with Crippen LogP contribution in [0.2, 0.25) is 0 Å². The third kappa shape index (κ3) is 7.93. The highest BCUT2D eigenvalue weighted by Crippen LogP contribution is 2.20. The van der Waals surface area contributed by atoms with Crippen LogP contribution in [-0.4, -0.2) is 80.7 Å². The molecule has 11 heteroatoms. The standard InChI is InChI=1S/C24H36N4O7/c1-13(2)11-17(25)21(31)27-20(14(3)29)23(33)28-10-4-5-19(28)22(32)26-18(24(34)35)12-15-6-8-16(30)9-7-15/h6-9,13-14,17-20,29-30H,4-5,10-12,25H2,1-3H3,(H,26,32)(H,27,31)(H,34,35). The minimum Gasteiger partial charge on any atom is -0.508 e. The monoisotopic (exact) mass is 492 g/mol. The molecule has 0 saturated carbocycles. The molecule has 2 rings (SSSR count). The number of aliphatic carboxylic acids is 1. The zero-order chi connectivity index (χ0) is 26.3. The number of carboxylic acids is 1. The van der Waals surface area contributed by atoms with E-state index in [1.807, 2.05) is 13.8 Å². The molecule has 1 aromatic rings. The summed E-state index contributed by atoms with van der Waals surface area (Å²) in [7, 11) is 0. The number of aromatic hydroxyl groups is 1. The molecule has 5 unspecified atom stereocenters. The number of carboxylic acid groups (broad SMARTS) is 1. The van der Waals surface area contributed by atoms with E-state index >= 15 is 0 Å². The van der Waals surface area contributed by atoms with Crippen molar-refractivity contribution < 1.29 is 34.5 Å². The number of rotatable bonds is 11. The lowest BCUT2D eigenvalue weighted by Gasteiger charge is -2.31. The van der Waals surface area contributed by atoms with Gasteiger partial charge in [-0.15, -0.1) is 0 Å². The average Bonchev–Trinajstić information content (AvgIpc) is 3.27. The Hall–Kier alpha value is -3.18. The topological polar surface area (TPSA) is 182 Å². The maximum Gasteiger partial charge on any atom is 0.326 e. The number of nitrogens with two attached hydrogens (primary N) is 1. The maximum atomic E-state index is 13.2. The summed E-state index contributed by atoms with van der Waals surface area (Å²) in [6.45, 7) is 5.40. The molecular weight excluding hydrogens is 456 g/mol. The average molecular weight is 493 g/mol. The quantitative estimate of drug-likeness (QED) is 0.244. The van der Waals surface area contributed by atoms with Gasteiger partial charge < -0.3 is 36.6 Å². The number of phenolic OH excluding ortho intramolecular Hbond substituents is 1. The fourth-order valence-corrected chi connectivity index (χ4v) is 4.08. The van der Waals surface area contributed by atoms with E-state index in [4.69, 9.17) is 5.73 Å². The molecule has 1 fully saturated rings. The van der Waals surface area contributed by atoms with Crippen LogP contribution in [0.3, 0.4) is 0 Å². The summed E-state index contributed by atoms with van der Waals surface area (Å²) in [4.78, 5) is 51.7. The number of carbonyl (C=O) groups is 4. The minimum atomic E-state index is -1.29. The molecule has 7 N–H and O–H groups in total. The van der Waals surface area contributed by atoms with Crippen LogP contribution in [0.4, 0.5) is 0 Å². The normalized spacial score (nSPS) is 19.0. The van der Waals surface area contributed by atoms with Gasteiger partial charge in [0, 0.05) is 13.0 Å².